The lowest BCUT2D eigenvalue weighted by molar-refractivity contribution is -0.181. The van der Waals surface area contributed by atoms with Crippen LogP contribution in [0.1, 0.15) is 18.1 Å². The molecule has 0 saturated carbocycles. The molecular weight excluding hydrogens is 479 g/mol. The van der Waals surface area contributed by atoms with Crippen molar-refractivity contribution < 1.29 is 22.7 Å². The Hall–Kier alpha value is -1.14. The maximum Gasteiger partial charge on any atom is 0.403 e. The molecule has 0 bridgehead atoms. The molecule has 154 valence electrons. The Morgan fingerprint density at radius 2 is 1.89 bits per heavy atom. The molecule has 5 nitrogen and oxygen atoms in total. The van der Waals surface area contributed by atoms with Crippen molar-refractivity contribution in [3.05, 3.63) is 35.1 Å². The average Bonchev–Trinajstić information content (AvgIpc) is 2.62. The third kappa shape index (κ3) is 6.46. The number of nitrogens with one attached hydrogen (secondary N) is 1. The fourth-order valence-electron chi connectivity index (χ4n) is 2.90. The lowest BCUT2D eigenvalue weighted by Gasteiger charge is -2.39. The van der Waals surface area contributed by atoms with E-state index in [1.165, 1.54) is 17.9 Å². The van der Waals surface area contributed by atoms with Gasteiger partial charge in [0.2, 0.25) is 0 Å². The molecule has 1 aliphatic rings. The van der Waals surface area contributed by atoms with E-state index in [-0.39, 0.29) is 36.1 Å². The summed E-state index contributed by atoms with van der Waals surface area (Å²) in [5.74, 6) is 0.120. The van der Waals surface area contributed by atoms with Crippen molar-refractivity contribution in [2.75, 3.05) is 33.2 Å². The quantitative estimate of drug-likeness (QED) is 0.287. The first-order chi connectivity index (χ1) is 12.3. The molecule has 27 heavy (non-hydrogen) atoms. The van der Waals surface area contributed by atoms with Crippen LogP contribution in [0.25, 0.3) is 0 Å². The van der Waals surface area contributed by atoms with E-state index in [2.05, 4.69) is 10.3 Å². The summed E-state index contributed by atoms with van der Waals surface area (Å²) in [5, 5.41) is 12.3. The largest absolute Gasteiger partial charge is 0.403 e. The topological polar surface area (TPSA) is 51.1 Å². The first kappa shape index (κ1) is 23.9. The molecule has 2 rings (SSSR count). The highest BCUT2D eigenvalue weighted by Gasteiger charge is 2.41. The summed E-state index contributed by atoms with van der Waals surface area (Å²) < 4.78 is 51.9. The van der Waals surface area contributed by atoms with Crippen molar-refractivity contribution in [2.24, 2.45) is 4.99 Å². The zero-order valence-electron chi connectivity index (χ0n) is 15.3. The van der Waals surface area contributed by atoms with Crippen LogP contribution in [-0.4, -0.2) is 66.3 Å². The number of benzene rings is 1. The van der Waals surface area contributed by atoms with Crippen molar-refractivity contribution >= 4 is 29.9 Å². The van der Waals surface area contributed by atoms with Gasteiger partial charge in [0.1, 0.15) is 11.9 Å². The lowest BCUT2D eigenvalue weighted by Crippen LogP contribution is -2.56. The van der Waals surface area contributed by atoms with Crippen molar-refractivity contribution in [3.63, 3.8) is 0 Å². The monoisotopic (exact) mass is 504 g/mol. The summed E-state index contributed by atoms with van der Waals surface area (Å²) in [6.07, 6.45) is -4.23. The average molecular weight is 504 g/mol. The Balaban J connectivity index is 0.00000364. The molecule has 0 radical (unpaired) electrons. The predicted molar refractivity (Wildman–Crippen MR) is 107 cm³/mol. The number of rotatable bonds is 4. The van der Waals surface area contributed by atoms with Crippen molar-refractivity contribution in [2.45, 2.75) is 32.3 Å². The van der Waals surface area contributed by atoms with Crippen LogP contribution in [0.3, 0.4) is 0 Å². The van der Waals surface area contributed by atoms with E-state index in [0.29, 0.717) is 38.7 Å². The van der Waals surface area contributed by atoms with Gasteiger partial charge in [-0.15, -0.1) is 24.0 Å². The number of halogens is 5. The highest BCUT2D eigenvalue weighted by atomic mass is 127. The molecule has 0 aromatic heterocycles. The third-order valence-corrected chi connectivity index (χ3v) is 4.58. The zero-order chi connectivity index (χ0) is 19.3. The molecule has 1 aromatic rings. The van der Waals surface area contributed by atoms with E-state index in [1.807, 2.05) is 4.90 Å². The van der Waals surface area contributed by atoms with Crippen LogP contribution >= 0.6 is 24.0 Å². The Morgan fingerprint density at radius 1 is 1.26 bits per heavy atom. The van der Waals surface area contributed by atoms with Gasteiger partial charge in [-0.1, -0.05) is 6.07 Å². The number of nitrogens with zero attached hydrogens (tertiary/aromatic N) is 3. The van der Waals surface area contributed by atoms with Crippen LogP contribution in [0.4, 0.5) is 17.6 Å². The second-order valence-corrected chi connectivity index (χ2v) is 6.23. The van der Waals surface area contributed by atoms with E-state index in [1.54, 1.807) is 19.2 Å². The summed E-state index contributed by atoms with van der Waals surface area (Å²) >= 11 is 0. The number of hydrogen-bond acceptors (Lipinski definition) is 3. The van der Waals surface area contributed by atoms with Gasteiger partial charge < -0.3 is 15.3 Å². The Morgan fingerprint density at radius 3 is 2.41 bits per heavy atom. The zero-order valence-corrected chi connectivity index (χ0v) is 17.6. The Bertz CT molecular complexity index is 634. The molecule has 1 atom stereocenters. The highest BCUT2D eigenvalue weighted by Crippen LogP contribution is 2.25. The number of guanidine groups is 1. The van der Waals surface area contributed by atoms with Gasteiger partial charge in [0, 0.05) is 45.3 Å². The summed E-state index contributed by atoms with van der Waals surface area (Å²) in [5.41, 5.74) is 0.995. The standard InChI is InChI=1S/C17H24F4N4O.HI/c1-12(17(19,20)21)24-5-7-25(8-6-24)16(22-2)23-10-13-3-4-15(18)14(9-13)11-26;/h3-4,9,12,26H,5-8,10-11H2,1-2H3,(H,22,23);1H. The Labute approximate surface area is 173 Å². The maximum atomic E-state index is 13.4. The van der Waals surface area contributed by atoms with Gasteiger partial charge in [0.15, 0.2) is 5.96 Å². The van der Waals surface area contributed by atoms with E-state index < -0.39 is 18.0 Å². The van der Waals surface area contributed by atoms with Gasteiger partial charge in [-0.25, -0.2) is 4.39 Å². The minimum atomic E-state index is -4.23. The number of hydrogen-bond donors (Lipinski definition) is 2. The highest BCUT2D eigenvalue weighted by molar-refractivity contribution is 14.0. The Kier molecular flexibility index (Phi) is 9.22. The molecule has 0 amide bonds. The molecule has 10 heteroatoms. The number of aliphatic imine (C=N–C) groups is 1. The predicted octanol–water partition coefficient (Wildman–Crippen LogP) is 2.58. The van der Waals surface area contributed by atoms with E-state index in [0.717, 1.165) is 5.56 Å². The second kappa shape index (κ2) is 10.4. The summed E-state index contributed by atoms with van der Waals surface area (Å²) in [6, 6.07) is 3.01. The number of aliphatic hydroxyl groups is 1. The SMILES string of the molecule is CN=C(NCc1ccc(F)c(CO)c1)N1CCN(C(C)C(F)(F)F)CC1.I. The summed E-state index contributed by atoms with van der Waals surface area (Å²) in [6.45, 7) is 2.64. The first-order valence-corrected chi connectivity index (χ1v) is 8.40. The number of alkyl halides is 3. The van der Waals surface area contributed by atoms with Crippen LogP contribution in [0.5, 0.6) is 0 Å². The number of aliphatic hydroxyl groups excluding tert-OH is 1. The molecule has 1 unspecified atom stereocenters. The minimum absolute atomic E-state index is 0. The van der Waals surface area contributed by atoms with E-state index in [4.69, 9.17) is 5.11 Å². The third-order valence-electron chi connectivity index (χ3n) is 4.58. The molecule has 0 aliphatic carbocycles. The summed E-state index contributed by atoms with van der Waals surface area (Å²) in [4.78, 5) is 7.49. The number of piperazine rings is 1. The van der Waals surface area contributed by atoms with Gasteiger partial charge in [-0.05, 0) is 24.6 Å². The van der Waals surface area contributed by atoms with Crippen LogP contribution in [-0.2, 0) is 13.2 Å². The molecule has 1 aromatic carbocycles. The van der Waals surface area contributed by atoms with Crippen LogP contribution in [0.15, 0.2) is 23.2 Å². The van der Waals surface area contributed by atoms with Crippen molar-refractivity contribution in [1.29, 1.82) is 0 Å². The molecule has 1 fully saturated rings. The van der Waals surface area contributed by atoms with E-state index >= 15 is 0 Å². The van der Waals surface area contributed by atoms with Gasteiger partial charge in [-0.2, -0.15) is 13.2 Å². The van der Waals surface area contributed by atoms with Gasteiger partial charge in [0.05, 0.1) is 6.61 Å². The smallest absolute Gasteiger partial charge is 0.392 e. The minimum Gasteiger partial charge on any atom is -0.392 e. The second-order valence-electron chi connectivity index (χ2n) is 6.23. The molecular formula is C17H25F4IN4O. The molecule has 1 heterocycles. The lowest BCUT2D eigenvalue weighted by atomic mass is 10.1. The van der Waals surface area contributed by atoms with E-state index in [9.17, 15) is 17.6 Å². The van der Waals surface area contributed by atoms with Crippen molar-refractivity contribution in [1.82, 2.24) is 15.1 Å². The van der Waals surface area contributed by atoms with Crippen LogP contribution in [0, 0.1) is 5.82 Å². The molecule has 0 spiro atoms. The fourth-order valence-corrected chi connectivity index (χ4v) is 2.90. The van der Waals surface area contributed by atoms with Gasteiger partial charge >= 0.3 is 6.18 Å². The maximum absolute atomic E-state index is 13.4. The molecule has 2 N–H and O–H groups in total. The van der Waals surface area contributed by atoms with Gasteiger partial charge in [0.25, 0.3) is 0 Å². The normalized spacial score (nSPS) is 17.4. The molecule has 1 saturated heterocycles. The van der Waals surface area contributed by atoms with Gasteiger partial charge in [-0.3, -0.25) is 9.89 Å². The fraction of sp³-hybridized carbons (Fsp3) is 0.588. The molecule has 1 aliphatic heterocycles. The first-order valence-electron chi connectivity index (χ1n) is 8.40. The van der Waals surface area contributed by atoms with Crippen LogP contribution < -0.4 is 5.32 Å². The van der Waals surface area contributed by atoms with Crippen LogP contribution in [0.2, 0.25) is 0 Å². The van der Waals surface area contributed by atoms with Crippen molar-refractivity contribution in [3.8, 4) is 0 Å². The summed E-state index contributed by atoms with van der Waals surface area (Å²) in [7, 11) is 1.61.